The summed E-state index contributed by atoms with van der Waals surface area (Å²) in [6, 6.07) is 26.2. The van der Waals surface area contributed by atoms with Crippen LogP contribution in [0.3, 0.4) is 0 Å². The first-order chi connectivity index (χ1) is 17.2. The Morgan fingerprint density at radius 3 is 1.86 bits per heavy atom. The van der Waals surface area contributed by atoms with E-state index in [9.17, 15) is 18.0 Å². The fraction of sp³-hybridized carbons (Fsp3) is 0.345. The minimum Gasteiger partial charge on any atom is -0.363 e. The number of nitrogens with zero attached hydrogens (tertiary/aromatic N) is 2. The van der Waals surface area contributed by atoms with E-state index < -0.39 is 17.6 Å². The summed E-state index contributed by atoms with van der Waals surface area (Å²) in [4.78, 5) is 16.6. The molecule has 3 aromatic rings. The average Bonchev–Trinajstić information content (AvgIpc) is 3.65. The van der Waals surface area contributed by atoms with Crippen LogP contribution in [0, 0.1) is 5.41 Å². The van der Waals surface area contributed by atoms with Crippen LogP contribution < -0.4 is 10.2 Å². The Morgan fingerprint density at radius 2 is 1.39 bits per heavy atom. The van der Waals surface area contributed by atoms with Crippen molar-refractivity contribution in [3.8, 4) is 0 Å². The van der Waals surface area contributed by atoms with Crippen molar-refractivity contribution >= 4 is 11.6 Å². The third-order valence-electron chi connectivity index (χ3n) is 7.45. The Hall–Kier alpha value is -3.32. The van der Waals surface area contributed by atoms with E-state index in [0.717, 1.165) is 29.7 Å². The van der Waals surface area contributed by atoms with Gasteiger partial charge in [0, 0.05) is 44.3 Å². The van der Waals surface area contributed by atoms with Crippen LogP contribution in [0.2, 0.25) is 0 Å². The fourth-order valence-electron chi connectivity index (χ4n) is 5.20. The highest BCUT2D eigenvalue weighted by Crippen LogP contribution is 2.50. The highest BCUT2D eigenvalue weighted by atomic mass is 19.4. The largest absolute Gasteiger partial charge is 0.419 e. The van der Waals surface area contributed by atoms with Crippen LogP contribution in [0.5, 0.6) is 0 Å². The number of carbonyl (C=O) groups is 1. The van der Waals surface area contributed by atoms with Crippen molar-refractivity contribution in [3.05, 3.63) is 102 Å². The second-order valence-corrected chi connectivity index (χ2v) is 10.1. The molecule has 3 aromatic carbocycles. The highest BCUT2D eigenvalue weighted by molar-refractivity contribution is 5.89. The lowest BCUT2D eigenvalue weighted by Gasteiger charge is -2.36. The number of halogens is 3. The zero-order valence-corrected chi connectivity index (χ0v) is 20.3. The van der Waals surface area contributed by atoms with Crippen molar-refractivity contribution in [1.82, 2.24) is 10.2 Å². The molecule has 2 fully saturated rings. The van der Waals surface area contributed by atoms with Crippen molar-refractivity contribution in [2.24, 2.45) is 5.41 Å². The summed E-state index contributed by atoms with van der Waals surface area (Å²) in [6.07, 6.45) is -3.12. The molecule has 7 heteroatoms. The topological polar surface area (TPSA) is 35.6 Å². The number of anilines is 1. The molecule has 1 heterocycles. The highest BCUT2D eigenvalue weighted by Gasteiger charge is 2.65. The summed E-state index contributed by atoms with van der Waals surface area (Å²) in [5.41, 5.74) is -0.0951. The van der Waals surface area contributed by atoms with E-state index >= 15 is 0 Å². The van der Waals surface area contributed by atoms with Crippen molar-refractivity contribution in [2.45, 2.75) is 37.6 Å². The lowest BCUT2D eigenvalue weighted by molar-refractivity contribution is -0.207. The van der Waals surface area contributed by atoms with Gasteiger partial charge in [0.05, 0.1) is 0 Å². The maximum absolute atomic E-state index is 14.7. The standard InChI is InChI=1S/C29H30F3N3O/c1-34-21-27(16-17-27)20-33-28(26(34)36,29(30,31)32)24-12-14-25(15-13-24)35(18-22-8-4-2-5-9-22)19-23-10-6-3-7-11-23/h2-15,33H,16-21H2,1H3. The zero-order valence-electron chi connectivity index (χ0n) is 20.3. The van der Waals surface area contributed by atoms with Crippen LogP contribution in [0.25, 0.3) is 0 Å². The maximum atomic E-state index is 14.7. The molecule has 1 N–H and O–H groups in total. The van der Waals surface area contributed by atoms with Gasteiger partial charge in [-0.25, -0.2) is 0 Å². The molecule has 1 saturated heterocycles. The van der Waals surface area contributed by atoms with Gasteiger partial charge in [-0.3, -0.25) is 10.1 Å². The quantitative estimate of drug-likeness (QED) is 0.493. The van der Waals surface area contributed by atoms with Gasteiger partial charge < -0.3 is 9.80 Å². The second-order valence-electron chi connectivity index (χ2n) is 10.1. The van der Waals surface area contributed by atoms with E-state index in [1.807, 2.05) is 60.7 Å². The first-order valence-corrected chi connectivity index (χ1v) is 12.2. The molecule has 1 aliphatic carbocycles. The predicted molar refractivity (Wildman–Crippen MR) is 134 cm³/mol. The van der Waals surface area contributed by atoms with Gasteiger partial charge in [0.1, 0.15) is 0 Å². The molecule has 36 heavy (non-hydrogen) atoms. The van der Waals surface area contributed by atoms with Crippen molar-refractivity contribution < 1.29 is 18.0 Å². The molecule has 0 radical (unpaired) electrons. The first kappa shape index (κ1) is 24.4. The number of hydrogen-bond donors (Lipinski definition) is 1. The van der Waals surface area contributed by atoms with Crippen LogP contribution in [0.4, 0.5) is 18.9 Å². The summed E-state index contributed by atoms with van der Waals surface area (Å²) < 4.78 is 44.0. The summed E-state index contributed by atoms with van der Waals surface area (Å²) in [5, 5.41) is 2.68. The number of hydrogen-bond acceptors (Lipinski definition) is 3. The van der Waals surface area contributed by atoms with E-state index in [4.69, 9.17) is 0 Å². The van der Waals surface area contributed by atoms with Crippen LogP contribution in [-0.4, -0.2) is 37.1 Å². The van der Waals surface area contributed by atoms with E-state index in [2.05, 4.69) is 10.2 Å². The molecule has 1 spiro atoms. The molecule has 1 aliphatic heterocycles. The maximum Gasteiger partial charge on any atom is 0.419 e. The molecule has 188 valence electrons. The fourth-order valence-corrected chi connectivity index (χ4v) is 5.20. The van der Waals surface area contributed by atoms with Crippen molar-refractivity contribution in [2.75, 3.05) is 25.0 Å². The van der Waals surface area contributed by atoms with Gasteiger partial charge in [0.2, 0.25) is 5.54 Å². The molecule has 1 atom stereocenters. The van der Waals surface area contributed by atoms with Gasteiger partial charge in [0.15, 0.2) is 0 Å². The molecule has 0 bridgehead atoms. The third-order valence-corrected chi connectivity index (χ3v) is 7.45. The lowest BCUT2D eigenvalue weighted by atomic mass is 9.87. The number of carbonyl (C=O) groups excluding carboxylic acids is 1. The molecular formula is C29H30F3N3O. The Bertz CT molecular complexity index is 1150. The van der Waals surface area contributed by atoms with E-state index in [1.54, 1.807) is 12.1 Å². The van der Waals surface area contributed by atoms with E-state index in [-0.39, 0.29) is 17.5 Å². The Balaban J connectivity index is 1.49. The molecule has 5 rings (SSSR count). The Morgan fingerprint density at radius 1 is 0.861 bits per heavy atom. The summed E-state index contributed by atoms with van der Waals surface area (Å²) in [6.45, 7) is 1.71. The molecule has 4 nitrogen and oxygen atoms in total. The lowest BCUT2D eigenvalue weighted by Crippen LogP contribution is -2.61. The van der Waals surface area contributed by atoms with Gasteiger partial charge in [-0.2, -0.15) is 13.2 Å². The van der Waals surface area contributed by atoms with Gasteiger partial charge in [-0.05, 0) is 41.7 Å². The molecule has 1 amide bonds. The van der Waals surface area contributed by atoms with Crippen LogP contribution in [0.1, 0.15) is 29.5 Å². The SMILES string of the molecule is CN1CC2(CC2)CNC(c2ccc(N(Cc3ccccc3)Cc3ccccc3)cc2)(C(F)(F)F)C1=O. The Labute approximate surface area is 209 Å². The number of rotatable bonds is 6. The number of nitrogens with one attached hydrogen (secondary N) is 1. The molecule has 0 aromatic heterocycles. The molecule has 1 saturated carbocycles. The summed E-state index contributed by atoms with van der Waals surface area (Å²) >= 11 is 0. The van der Waals surface area contributed by atoms with Crippen LogP contribution in [0.15, 0.2) is 84.9 Å². The molecule has 2 aliphatic rings. The normalized spacial score (nSPS) is 21.3. The smallest absolute Gasteiger partial charge is 0.363 e. The second kappa shape index (κ2) is 9.28. The van der Waals surface area contributed by atoms with Crippen LogP contribution in [-0.2, 0) is 23.4 Å². The molecular weight excluding hydrogens is 463 g/mol. The minimum atomic E-state index is -4.78. The van der Waals surface area contributed by atoms with Gasteiger partial charge in [-0.15, -0.1) is 0 Å². The number of benzene rings is 3. The summed E-state index contributed by atoms with van der Waals surface area (Å²) in [5.74, 6) is -0.947. The summed E-state index contributed by atoms with van der Waals surface area (Å²) in [7, 11) is 1.48. The number of likely N-dealkylation sites (N-methyl/N-ethyl adjacent to an activating group) is 1. The van der Waals surface area contributed by atoms with E-state index in [1.165, 1.54) is 24.1 Å². The number of alkyl halides is 3. The average molecular weight is 494 g/mol. The van der Waals surface area contributed by atoms with E-state index in [0.29, 0.717) is 19.6 Å². The zero-order chi connectivity index (χ0) is 25.4. The van der Waals surface area contributed by atoms with Crippen molar-refractivity contribution in [3.63, 3.8) is 0 Å². The minimum absolute atomic E-state index is 0.0762. The van der Waals surface area contributed by atoms with Gasteiger partial charge in [-0.1, -0.05) is 72.8 Å². The monoisotopic (exact) mass is 493 g/mol. The predicted octanol–water partition coefficient (Wildman–Crippen LogP) is 5.49. The third kappa shape index (κ3) is 4.60. The molecule has 1 unspecified atom stereocenters. The van der Waals surface area contributed by atoms with Crippen molar-refractivity contribution in [1.29, 1.82) is 0 Å². The van der Waals surface area contributed by atoms with Crippen LogP contribution >= 0.6 is 0 Å². The van der Waals surface area contributed by atoms with Gasteiger partial charge >= 0.3 is 6.18 Å². The Kier molecular flexibility index (Phi) is 6.29. The van der Waals surface area contributed by atoms with Gasteiger partial charge in [0.25, 0.3) is 5.91 Å². The first-order valence-electron chi connectivity index (χ1n) is 12.2. The number of amides is 1.